The highest BCUT2D eigenvalue weighted by molar-refractivity contribution is 5.87. The summed E-state index contributed by atoms with van der Waals surface area (Å²) in [6.45, 7) is 1.83. The summed E-state index contributed by atoms with van der Waals surface area (Å²) in [7, 11) is 0. The third kappa shape index (κ3) is 3.00. The molecule has 18 heavy (non-hydrogen) atoms. The van der Waals surface area contributed by atoms with Gasteiger partial charge >= 0.3 is 12.1 Å². The Bertz CT molecular complexity index is 441. The van der Waals surface area contributed by atoms with Crippen molar-refractivity contribution >= 4 is 12.1 Å². The first kappa shape index (κ1) is 12.4. The first-order chi connectivity index (χ1) is 8.66. The van der Waals surface area contributed by atoms with Crippen LogP contribution in [0.2, 0.25) is 0 Å². The second-order valence-electron chi connectivity index (χ2n) is 4.21. The van der Waals surface area contributed by atoms with Crippen LogP contribution in [0.3, 0.4) is 0 Å². The normalized spacial score (nSPS) is 15.3. The van der Waals surface area contributed by atoms with Gasteiger partial charge in [-0.3, -0.25) is 0 Å². The molecule has 96 valence electrons. The minimum absolute atomic E-state index is 0.261. The maximum atomic E-state index is 11.4. The van der Waals surface area contributed by atoms with Crippen molar-refractivity contribution in [1.29, 1.82) is 0 Å². The molecule has 1 aromatic rings. The number of carboxylic acids is 1. The Balaban J connectivity index is 1.89. The van der Waals surface area contributed by atoms with Crippen molar-refractivity contribution in [3.05, 3.63) is 35.4 Å². The van der Waals surface area contributed by atoms with E-state index in [1.54, 1.807) is 29.2 Å². The molecule has 0 bridgehead atoms. The van der Waals surface area contributed by atoms with Gasteiger partial charge in [-0.05, 0) is 30.5 Å². The Hall–Kier alpha value is -2.04. The van der Waals surface area contributed by atoms with Crippen LogP contribution in [0.15, 0.2) is 24.3 Å². The highest BCUT2D eigenvalue weighted by Crippen LogP contribution is 2.09. The lowest BCUT2D eigenvalue weighted by Crippen LogP contribution is -2.38. The molecule has 0 radical (unpaired) electrons. The van der Waals surface area contributed by atoms with E-state index in [4.69, 9.17) is 9.84 Å². The van der Waals surface area contributed by atoms with Gasteiger partial charge < -0.3 is 14.7 Å². The highest BCUT2D eigenvalue weighted by atomic mass is 16.6. The molecule has 0 unspecified atom stereocenters. The van der Waals surface area contributed by atoms with Crippen LogP contribution < -0.4 is 0 Å². The minimum Gasteiger partial charge on any atom is -0.478 e. The third-order valence-corrected chi connectivity index (χ3v) is 2.93. The zero-order valence-electron chi connectivity index (χ0n) is 9.96. The fourth-order valence-electron chi connectivity index (χ4n) is 1.88. The van der Waals surface area contributed by atoms with E-state index in [9.17, 15) is 9.59 Å². The average Bonchev–Trinajstić information content (AvgIpc) is 2.38. The summed E-state index contributed by atoms with van der Waals surface area (Å²) in [5.74, 6) is -0.929. The van der Waals surface area contributed by atoms with Crippen LogP contribution in [0.5, 0.6) is 0 Å². The van der Waals surface area contributed by atoms with Gasteiger partial charge in [-0.1, -0.05) is 12.1 Å². The van der Waals surface area contributed by atoms with E-state index in [0.717, 1.165) is 18.5 Å². The largest absolute Gasteiger partial charge is 0.478 e. The number of aromatic carboxylic acids is 1. The second kappa shape index (κ2) is 5.53. The van der Waals surface area contributed by atoms with Gasteiger partial charge in [0.05, 0.1) is 12.2 Å². The number of benzene rings is 1. The fraction of sp³-hybridized carbons (Fsp3) is 0.385. The van der Waals surface area contributed by atoms with Crippen molar-refractivity contribution < 1.29 is 19.4 Å². The molecule has 1 fully saturated rings. The monoisotopic (exact) mass is 249 g/mol. The number of carboxylic acid groups (broad SMARTS) is 1. The number of amides is 1. The van der Waals surface area contributed by atoms with E-state index < -0.39 is 5.97 Å². The van der Waals surface area contributed by atoms with Crippen molar-refractivity contribution in [1.82, 2.24) is 4.90 Å². The first-order valence-electron chi connectivity index (χ1n) is 5.91. The molecular formula is C13H15NO4. The molecule has 5 nitrogen and oxygen atoms in total. The van der Waals surface area contributed by atoms with Gasteiger partial charge in [0.1, 0.15) is 0 Å². The van der Waals surface area contributed by atoms with Crippen molar-refractivity contribution in [2.24, 2.45) is 0 Å². The zero-order chi connectivity index (χ0) is 13.0. The minimum atomic E-state index is -0.929. The Morgan fingerprint density at radius 1 is 1.33 bits per heavy atom. The predicted octanol–water partition coefficient (Wildman–Crippen LogP) is 1.77. The number of hydrogen-bond acceptors (Lipinski definition) is 3. The van der Waals surface area contributed by atoms with Gasteiger partial charge in [-0.15, -0.1) is 0 Å². The van der Waals surface area contributed by atoms with Crippen LogP contribution in [0.4, 0.5) is 4.79 Å². The molecule has 1 aliphatic rings. The highest BCUT2D eigenvalue weighted by Gasteiger charge is 2.18. The van der Waals surface area contributed by atoms with Gasteiger partial charge in [0.15, 0.2) is 0 Å². The summed E-state index contributed by atoms with van der Waals surface area (Å²) >= 11 is 0. The van der Waals surface area contributed by atoms with Gasteiger partial charge in [-0.25, -0.2) is 9.59 Å². The number of ether oxygens (including phenoxy) is 1. The Kier molecular flexibility index (Phi) is 3.82. The molecule has 2 rings (SSSR count). The maximum Gasteiger partial charge on any atom is 0.409 e. The molecule has 1 heterocycles. The maximum absolute atomic E-state index is 11.4. The smallest absolute Gasteiger partial charge is 0.409 e. The number of cyclic esters (lactones) is 1. The van der Waals surface area contributed by atoms with Crippen LogP contribution in [0.1, 0.15) is 22.3 Å². The third-order valence-electron chi connectivity index (χ3n) is 2.93. The molecule has 0 aromatic heterocycles. The molecule has 5 heteroatoms. The Labute approximate surface area is 105 Å². The Morgan fingerprint density at radius 2 is 2.06 bits per heavy atom. The molecule has 1 N–H and O–H groups in total. The van der Waals surface area contributed by atoms with Crippen LogP contribution in [0, 0.1) is 0 Å². The first-order valence-corrected chi connectivity index (χ1v) is 5.91. The molecule has 1 saturated heterocycles. The standard InChI is InChI=1S/C13H15NO4/c15-12(16)11-4-2-10(3-5-11)6-8-14-7-1-9-18-13(14)17/h2-5H,1,6-9H2,(H,15,16). The lowest BCUT2D eigenvalue weighted by molar-refractivity contribution is 0.0695. The predicted molar refractivity (Wildman–Crippen MR) is 64.6 cm³/mol. The molecule has 0 atom stereocenters. The fourth-order valence-corrected chi connectivity index (χ4v) is 1.88. The summed E-state index contributed by atoms with van der Waals surface area (Å²) < 4.78 is 4.94. The van der Waals surface area contributed by atoms with Crippen LogP contribution in [0.25, 0.3) is 0 Å². The van der Waals surface area contributed by atoms with Crippen molar-refractivity contribution in [3.63, 3.8) is 0 Å². The average molecular weight is 249 g/mol. The summed E-state index contributed by atoms with van der Waals surface area (Å²) in [6, 6.07) is 6.70. The molecule has 0 aliphatic carbocycles. The van der Waals surface area contributed by atoms with Crippen LogP contribution >= 0.6 is 0 Å². The van der Waals surface area contributed by atoms with Gasteiger partial charge in [0.25, 0.3) is 0 Å². The SMILES string of the molecule is O=C(O)c1ccc(CCN2CCCOC2=O)cc1. The summed E-state index contributed by atoms with van der Waals surface area (Å²) in [5.41, 5.74) is 1.29. The van der Waals surface area contributed by atoms with E-state index in [2.05, 4.69) is 0 Å². The number of carbonyl (C=O) groups excluding carboxylic acids is 1. The number of carbonyl (C=O) groups is 2. The molecule has 1 aliphatic heterocycles. The van der Waals surface area contributed by atoms with Crippen LogP contribution in [-0.2, 0) is 11.2 Å². The van der Waals surface area contributed by atoms with Crippen molar-refractivity contribution in [2.75, 3.05) is 19.7 Å². The quantitative estimate of drug-likeness (QED) is 0.883. The number of nitrogens with zero attached hydrogens (tertiary/aromatic N) is 1. The zero-order valence-corrected chi connectivity index (χ0v) is 9.96. The molecule has 0 saturated carbocycles. The van der Waals surface area contributed by atoms with Gasteiger partial charge in [0.2, 0.25) is 0 Å². The number of hydrogen-bond donors (Lipinski definition) is 1. The van der Waals surface area contributed by atoms with E-state index >= 15 is 0 Å². The van der Waals surface area contributed by atoms with E-state index in [0.29, 0.717) is 19.6 Å². The molecule has 0 spiro atoms. The Morgan fingerprint density at radius 3 is 2.67 bits per heavy atom. The van der Waals surface area contributed by atoms with E-state index in [1.165, 1.54) is 0 Å². The number of rotatable bonds is 4. The molecule has 1 amide bonds. The summed E-state index contributed by atoms with van der Waals surface area (Å²) in [4.78, 5) is 23.8. The molecule has 1 aromatic carbocycles. The van der Waals surface area contributed by atoms with Crippen molar-refractivity contribution in [2.45, 2.75) is 12.8 Å². The van der Waals surface area contributed by atoms with E-state index in [1.807, 2.05) is 0 Å². The topological polar surface area (TPSA) is 66.8 Å². The van der Waals surface area contributed by atoms with Gasteiger partial charge in [-0.2, -0.15) is 0 Å². The van der Waals surface area contributed by atoms with Gasteiger partial charge in [0, 0.05) is 13.1 Å². The lowest BCUT2D eigenvalue weighted by Gasteiger charge is -2.26. The molecular weight excluding hydrogens is 234 g/mol. The van der Waals surface area contributed by atoms with Crippen LogP contribution in [-0.4, -0.2) is 41.8 Å². The second-order valence-corrected chi connectivity index (χ2v) is 4.21. The van der Waals surface area contributed by atoms with Crippen molar-refractivity contribution in [3.8, 4) is 0 Å². The lowest BCUT2D eigenvalue weighted by atomic mass is 10.1. The summed E-state index contributed by atoms with van der Waals surface area (Å²) in [5, 5.41) is 8.77. The van der Waals surface area contributed by atoms with E-state index in [-0.39, 0.29) is 11.7 Å². The summed E-state index contributed by atoms with van der Waals surface area (Å²) in [6.07, 6.45) is 1.31.